The zero-order valence-electron chi connectivity index (χ0n) is 19.4. The molecule has 5 aromatic rings. The number of fused-ring (bicyclic) bond motifs is 10. The fourth-order valence-corrected chi connectivity index (χ4v) is 6.69. The first-order valence-electron chi connectivity index (χ1n) is 12.3. The van der Waals surface area contributed by atoms with Crippen molar-refractivity contribution in [3.05, 3.63) is 107 Å². The maximum atomic E-state index is 2.48. The van der Waals surface area contributed by atoms with Gasteiger partial charge in [0.1, 0.15) is 0 Å². The van der Waals surface area contributed by atoms with Crippen molar-refractivity contribution in [3.63, 3.8) is 0 Å². The summed E-state index contributed by atoms with van der Waals surface area (Å²) in [6, 6.07) is 32.2. The van der Waals surface area contributed by atoms with Crippen molar-refractivity contribution in [2.24, 2.45) is 0 Å². The van der Waals surface area contributed by atoms with Gasteiger partial charge in [-0.15, -0.1) is 0 Å². The molecule has 7 rings (SSSR count). The molecule has 1 saturated carbocycles. The summed E-state index contributed by atoms with van der Waals surface area (Å²) in [5.41, 5.74) is 11.3. The molecule has 33 heavy (non-hydrogen) atoms. The molecule has 0 aliphatic heterocycles. The summed E-state index contributed by atoms with van der Waals surface area (Å²) in [6.45, 7) is 4.36. The first-order valence-corrected chi connectivity index (χ1v) is 12.3. The Morgan fingerprint density at radius 3 is 1.39 bits per heavy atom. The Morgan fingerprint density at radius 1 is 0.485 bits per heavy atom. The van der Waals surface area contributed by atoms with Crippen molar-refractivity contribution in [1.82, 2.24) is 0 Å². The molecule has 2 unspecified atom stereocenters. The maximum Gasteiger partial charge on any atom is -0.0102 e. The third-order valence-corrected chi connectivity index (χ3v) is 8.15. The predicted octanol–water partition coefficient (Wildman–Crippen LogP) is 9.31. The first kappa shape index (κ1) is 19.1. The average Bonchev–Trinajstić information content (AvgIpc) is 3.46. The summed E-state index contributed by atoms with van der Waals surface area (Å²) in [5, 5.41) is 5.83. The van der Waals surface area contributed by atoms with Crippen molar-refractivity contribution in [1.29, 1.82) is 0 Å². The molecule has 0 radical (unpaired) electrons. The second-order valence-electron chi connectivity index (χ2n) is 10.3. The van der Waals surface area contributed by atoms with Crippen LogP contribution in [0.1, 0.15) is 53.4 Å². The Labute approximate surface area is 195 Å². The number of hydrogen-bond donors (Lipinski definition) is 0. The molecule has 0 nitrogen and oxygen atoms in total. The molecule has 0 spiro atoms. The van der Waals surface area contributed by atoms with Gasteiger partial charge in [0.2, 0.25) is 0 Å². The van der Waals surface area contributed by atoms with Crippen molar-refractivity contribution >= 4 is 21.5 Å². The highest BCUT2D eigenvalue weighted by Crippen LogP contribution is 2.58. The number of aryl methyl sites for hydroxylation is 2. The molecule has 0 heterocycles. The molecule has 2 atom stereocenters. The van der Waals surface area contributed by atoms with Gasteiger partial charge in [-0.05, 0) is 112 Å². The lowest BCUT2D eigenvalue weighted by Crippen LogP contribution is -2.01. The molecule has 0 heteroatoms. The summed E-state index contributed by atoms with van der Waals surface area (Å²) in [5.74, 6) is 1.46. The Balaban J connectivity index is 1.52. The maximum absolute atomic E-state index is 2.48. The van der Waals surface area contributed by atoms with E-state index in [1.807, 2.05) is 0 Å². The highest BCUT2D eigenvalue weighted by molar-refractivity contribution is 6.13. The molecule has 160 valence electrons. The van der Waals surface area contributed by atoms with Gasteiger partial charge in [0, 0.05) is 0 Å². The van der Waals surface area contributed by atoms with E-state index in [1.165, 1.54) is 74.2 Å². The van der Waals surface area contributed by atoms with Crippen LogP contribution in [-0.4, -0.2) is 0 Å². The molecule has 2 aliphatic rings. The van der Waals surface area contributed by atoms with Gasteiger partial charge in [0.25, 0.3) is 0 Å². The van der Waals surface area contributed by atoms with E-state index < -0.39 is 0 Å². The van der Waals surface area contributed by atoms with Crippen LogP contribution < -0.4 is 0 Å². The first-order chi connectivity index (χ1) is 16.2. The van der Waals surface area contributed by atoms with Crippen LogP contribution in [0.2, 0.25) is 0 Å². The lowest BCUT2D eigenvalue weighted by Gasteiger charge is -2.22. The van der Waals surface area contributed by atoms with Gasteiger partial charge in [-0.25, -0.2) is 0 Å². The van der Waals surface area contributed by atoms with Gasteiger partial charge in [0.15, 0.2) is 0 Å². The molecule has 0 saturated heterocycles. The minimum Gasteiger partial charge on any atom is -0.0614 e. The van der Waals surface area contributed by atoms with Crippen molar-refractivity contribution < 1.29 is 0 Å². The van der Waals surface area contributed by atoms with Gasteiger partial charge in [-0.3, -0.25) is 0 Å². The van der Waals surface area contributed by atoms with E-state index in [9.17, 15) is 0 Å². The molecule has 2 aliphatic carbocycles. The lowest BCUT2D eigenvalue weighted by molar-refractivity contribution is 0.726. The zero-order valence-corrected chi connectivity index (χ0v) is 19.4. The normalized spacial score (nSPS) is 18.8. The molecular formula is C33H28. The number of rotatable bonds is 2. The summed E-state index contributed by atoms with van der Waals surface area (Å²) in [7, 11) is 0. The Hall–Kier alpha value is -3.38. The topological polar surface area (TPSA) is 0 Å². The van der Waals surface area contributed by atoms with Crippen LogP contribution >= 0.6 is 0 Å². The fourth-order valence-electron chi connectivity index (χ4n) is 6.69. The fraction of sp³-hybridized carbons (Fsp3) is 0.212. The second-order valence-corrected chi connectivity index (χ2v) is 10.3. The SMILES string of the molecule is Cc1cccc(-c2ccc3c(c2)c2c(c4cc(-c5cccc(C)c5)ccc43)C3CCC2C3)c1. The van der Waals surface area contributed by atoms with E-state index in [4.69, 9.17) is 0 Å². The minimum atomic E-state index is 0.729. The summed E-state index contributed by atoms with van der Waals surface area (Å²) < 4.78 is 0. The average molecular weight is 425 g/mol. The van der Waals surface area contributed by atoms with Crippen LogP contribution in [0, 0.1) is 13.8 Å². The van der Waals surface area contributed by atoms with Crippen LogP contribution in [0.15, 0.2) is 84.9 Å². The summed E-state index contributed by atoms with van der Waals surface area (Å²) in [4.78, 5) is 0. The highest BCUT2D eigenvalue weighted by atomic mass is 14.4. The van der Waals surface area contributed by atoms with Gasteiger partial charge >= 0.3 is 0 Å². The third-order valence-electron chi connectivity index (χ3n) is 8.15. The van der Waals surface area contributed by atoms with E-state index in [0.29, 0.717) is 0 Å². The molecular weight excluding hydrogens is 396 g/mol. The Kier molecular flexibility index (Phi) is 4.09. The quantitative estimate of drug-likeness (QED) is 0.248. The second kappa shape index (κ2) is 7.06. The van der Waals surface area contributed by atoms with Crippen LogP contribution in [0.5, 0.6) is 0 Å². The summed E-state index contributed by atoms with van der Waals surface area (Å²) in [6.07, 6.45) is 4.04. The van der Waals surface area contributed by atoms with Gasteiger partial charge in [0.05, 0.1) is 0 Å². The van der Waals surface area contributed by atoms with Crippen molar-refractivity contribution in [2.75, 3.05) is 0 Å². The van der Waals surface area contributed by atoms with Gasteiger partial charge in [-0.1, -0.05) is 83.9 Å². The third kappa shape index (κ3) is 2.90. The van der Waals surface area contributed by atoms with Crippen molar-refractivity contribution in [2.45, 2.75) is 44.9 Å². The minimum absolute atomic E-state index is 0.729. The van der Waals surface area contributed by atoms with E-state index in [-0.39, 0.29) is 0 Å². The highest BCUT2D eigenvalue weighted by Gasteiger charge is 2.39. The van der Waals surface area contributed by atoms with E-state index in [2.05, 4.69) is 98.8 Å². The molecule has 0 aromatic heterocycles. The van der Waals surface area contributed by atoms with Crippen LogP contribution in [0.25, 0.3) is 43.8 Å². The largest absolute Gasteiger partial charge is 0.0614 e. The monoisotopic (exact) mass is 424 g/mol. The van der Waals surface area contributed by atoms with Crippen molar-refractivity contribution in [3.8, 4) is 22.3 Å². The Morgan fingerprint density at radius 2 is 0.939 bits per heavy atom. The van der Waals surface area contributed by atoms with E-state index in [0.717, 1.165) is 11.8 Å². The standard InChI is InChI=1S/C33H28/c1-20-5-3-7-22(15-20)24-11-13-28-29-14-12-25(23-8-4-6-21(2)16-23)19-31(29)33-27-10-9-26(17-27)32(33)30(28)18-24/h3-8,11-16,18-19,26-27H,9-10,17H2,1-2H3. The lowest BCUT2D eigenvalue weighted by atomic mass is 9.82. The van der Waals surface area contributed by atoms with Gasteiger partial charge in [-0.2, -0.15) is 0 Å². The Bertz CT molecular complexity index is 1450. The van der Waals surface area contributed by atoms with Gasteiger partial charge < -0.3 is 0 Å². The number of hydrogen-bond acceptors (Lipinski definition) is 0. The summed E-state index contributed by atoms with van der Waals surface area (Å²) >= 11 is 0. The van der Waals surface area contributed by atoms with Crippen LogP contribution in [0.3, 0.4) is 0 Å². The molecule has 5 aromatic carbocycles. The van der Waals surface area contributed by atoms with E-state index >= 15 is 0 Å². The van der Waals surface area contributed by atoms with Crippen LogP contribution in [0.4, 0.5) is 0 Å². The predicted molar refractivity (Wildman–Crippen MR) is 141 cm³/mol. The number of benzene rings is 5. The van der Waals surface area contributed by atoms with Crippen LogP contribution in [-0.2, 0) is 0 Å². The van der Waals surface area contributed by atoms with E-state index in [1.54, 1.807) is 11.1 Å². The zero-order chi connectivity index (χ0) is 22.1. The smallest absolute Gasteiger partial charge is 0.0102 e. The molecule has 1 fully saturated rings. The molecule has 2 bridgehead atoms. The molecule has 0 N–H and O–H groups in total. The molecule has 0 amide bonds.